The van der Waals surface area contributed by atoms with Crippen LogP contribution in [0.3, 0.4) is 0 Å². The van der Waals surface area contributed by atoms with Gasteiger partial charge < -0.3 is 9.80 Å². The Hall–Kier alpha value is -1.95. The minimum Gasteiger partial charge on any atom is -0.351 e. The van der Waals surface area contributed by atoms with Gasteiger partial charge in [0.15, 0.2) is 5.82 Å². The first-order chi connectivity index (χ1) is 11.2. The van der Waals surface area contributed by atoms with E-state index in [-0.39, 0.29) is 0 Å². The summed E-state index contributed by atoms with van der Waals surface area (Å²) in [5.41, 5.74) is 2.56. The molecular formula is C16H19ClN6. The zero-order chi connectivity index (χ0) is 15.8. The fourth-order valence-corrected chi connectivity index (χ4v) is 3.27. The van der Waals surface area contributed by atoms with Crippen LogP contribution in [0.15, 0.2) is 18.5 Å². The van der Waals surface area contributed by atoms with Crippen molar-refractivity contribution >= 4 is 23.4 Å². The van der Waals surface area contributed by atoms with Crippen molar-refractivity contribution in [1.82, 2.24) is 20.2 Å². The highest BCUT2D eigenvalue weighted by atomic mass is 35.5. The topological polar surface area (TPSA) is 58.0 Å². The SMILES string of the molecule is CN(c1ncc(Cl)cn1)C1CN(c2cc3c(nn2)CCCC3)C1. The molecule has 4 rings (SSSR count). The molecule has 3 heterocycles. The molecule has 1 fully saturated rings. The van der Waals surface area contributed by atoms with E-state index in [1.165, 1.54) is 24.1 Å². The van der Waals surface area contributed by atoms with Crippen molar-refractivity contribution in [3.05, 3.63) is 34.7 Å². The molecule has 0 spiro atoms. The largest absolute Gasteiger partial charge is 0.351 e. The summed E-state index contributed by atoms with van der Waals surface area (Å²) in [6.07, 6.45) is 7.96. The van der Waals surface area contributed by atoms with E-state index in [2.05, 4.69) is 36.0 Å². The van der Waals surface area contributed by atoms with Crippen LogP contribution in [0.4, 0.5) is 11.8 Å². The zero-order valence-electron chi connectivity index (χ0n) is 13.1. The molecule has 2 aromatic heterocycles. The smallest absolute Gasteiger partial charge is 0.225 e. The normalized spacial score (nSPS) is 17.6. The molecule has 120 valence electrons. The Labute approximate surface area is 140 Å². The number of aromatic nitrogens is 4. The van der Waals surface area contributed by atoms with E-state index in [1.807, 2.05) is 7.05 Å². The molecule has 0 amide bonds. The minimum absolute atomic E-state index is 0.383. The van der Waals surface area contributed by atoms with Crippen LogP contribution >= 0.6 is 11.6 Å². The van der Waals surface area contributed by atoms with Gasteiger partial charge in [-0.25, -0.2) is 9.97 Å². The van der Waals surface area contributed by atoms with E-state index >= 15 is 0 Å². The van der Waals surface area contributed by atoms with E-state index in [9.17, 15) is 0 Å². The molecule has 0 atom stereocenters. The highest BCUT2D eigenvalue weighted by Gasteiger charge is 2.32. The number of hydrogen-bond acceptors (Lipinski definition) is 6. The summed E-state index contributed by atoms with van der Waals surface area (Å²) in [4.78, 5) is 12.9. The van der Waals surface area contributed by atoms with Crippen LogP contribution in [0.1, 0.15) is 24.1 Å². The highest BCUT2D eigenvalue weighted by molar-refractivity contribution is 6.30. The Morgan fingerprint density at radius 3 is 2.65 bits per heavy atom. The van der Waals surface area contributed by atoms with Crippen LogP contribution in [0, 0.1) is 0 Å². The summed E-state index contributed by atoms with van der Waals surface area (Å²) in [6, 6.07) is 2.60. The molecule has 7 heteroatoms. The lowest BCUT2D eigenvalue weighted by Crippen LogP contribution is -2.59. The lowest BCUT2D eigenvalue weighted by molar-refractivity contribution is 0.483. The quantitative estimate of drug-likeness (QED) is 0.859. The Kier molecular flexibility index (Phi) is 3.77. The van der Waals surface area contributed by atoms with Gasteiger partial charge >= 0.3 is 0 Å². The average Bonchev–Trinajstić information content (AvgIpc) is 2.54. The molecule has 0 radical (unpaired) electrons. The van der Waals surface area contributed by atoms with E-state index < -0.39 is 0 Å². The maximum absolute atomic E-state index is 5.84. The number of rotatable bonds is 3. The van der Waals surface area contributed by atoms with Gasteiger partial charge in [0.05, 0.1) is 29.2 Å². The van der Waals surface area contributed by atoms with Crippen LogP contribution in [-0.2, 0) is 12.8 Å². The Balaban J connectivity index is 1.42. The summed E-state index contributed by atoms with van der Waals surface area (Å²) in [7, 11) is 2.02. The summed E-state index contributed by atoms with van der Waals surface area (Å²) in [5.74, 6) is 1.70. The maximum Gasteiger partial charge on any atom is 0.225 e. The van der Waals surface area contributed by atoms with Crippen LogP contribution in [0.5, 0.6) is 0 Å². The van der Waals surface area contributed by atoms with Gasteiger partial charge in [-0.3, -0.25) is 0 Å². The van der Waals surface area contributed by atoms with Crippen molar-refractivity contribution in [2.24, 2.45) is 0 Å². The molecule has 0 aromatic carbocycles. The van der Waals surface area contributed by atoms with Crippen LogP contribution in [0.2, 0.25) is 5.02 Å². The second-order valence-corrected chi connectivity index (χ2v) is 6.69. The Morgan fingerprint density at radius 1 is 1.13 bits per heavy atom. The summed E-state index contributed by atoms with van der Waals surface area (Å²) in [6.45, 7) is 1.83. The molecule has 2 aromatic rings. The van der Waals surface area contributed by atoms with Gasteiger partial charge in [0.1, 0.15) is 0 Å². The second kappa shape index (κ2) is 5.92. The number of likely N-dealkylation sites (N-methyl/N-ethyl adjacent to an activating group) is 1. The maximum atomic E-state index is 5.84. The van der Waals surface area contributed by atoms with Crippen LogP contribution < -0.4 is 9.80 Å². The molecule has 1 aliphatic heterocycles. The third kappa shape index (κ3) is 2.83. The minimum atomic E-state index is 0.383. The van der Waals surface area contributed by atoms with Crippen LogP contribution in [-0.4, -0.2) is 46.3 Å². The molecule has 1 aliphatic carbocycles. The van der Waals surface area contributed by atoms with Crippen molar-refractivity contribution in [2.75, 3.05) is 29.9 Å². The van der Waals surface area contributed by atoms with Gasteiger partial charge in [-0.15, -0.1) is 5.10 Å². The third-order valence-corrected chi connectivity index (χ3v) is 4.91. The highest BCUT2D eigenvalue weighted by Crippen LogP contribution is 2.26. The van der Waals surface area contributed by atoms with Crippen molar-refractivity contribution in [3.8, 4) is 0 Å². The second-order valence-electron chi connectivity index (χ2n) is 6.25. The van der Waals surface area contributed by atoms with E-state index in [1.54, 1.807) is 12.4 Å². The van der Waals surface area contributed by atoms with Gasteiger partial charge in [0.2, 0.25) is 5.95 Å². The van der Waals surface area contributed by atoms with Gasteiger partial charge in [-0.1, -0.05) is 11.6 Å². The monoisotopic (exact) mass is 330 g/mol. The number of halogens is 1. The first-order valence-corrected chi connectivity index (χ1v) is 8.39. The molecule has 2 aliphatic rings. The molecule has 0 bridgehead atoms. The standard InChI is InChI=1S/C16H19ClN6/c1-22(16-18-7-12(17)8-19-16)13-9-23(10-13)15-6-11-4-2-3-5-14(11)20-21-15/h6-8,13H,2-5,9-10H2,1H3. The molecule has 1 saturated heterocycles. The van der Waals surface area contributed by atoms with E-state index in [0.717, 1.165) is 31.7 Å². The number of aryl methyl sites for hydroxylation is 2. The average molecular weight is 331 g/mol. The van der Waals surface area contributed by atoms with Crippen molar-refractivity contribution < 1.29 is 0 Å². The van der Waals surface area contributed by atoms with Gasteiger partial charge in [0, 0.05) is 20.1 Å². The van der Waals surface area contributed by atoms with Crippen molar-refractivity contribution in [2.45, 2.75) is 31.7 Å². The molecule has 0 N–H and O–H groups in total. The number of nitrogens with zero attached hydrogens (tertiary/aromatic N) is 6. The Bertz CT molecular complexity index is 698. The van der Waals surface area contributed by atoms with E-state index in [4.69, 9.17) is 11.6 Å². The zero-order valence-corrected chi connectivity index (χ0v) is 13.9. The molecule has 0 unspecified atom stereocenters. The summed E-state index contributed by atoms with van der Waals surface area (Å²) < 4.78 is 0. The fourth-order valence-electron chi connectivity index (χ4n) is 3.17. The number of fused-ring (bicyclic) bond motifs is 1. The molecule has 0 saturated carbocycles. The third-order valence-electron chi connectivity index (χ3n) is 4.71. The Morgan fingerprint density at radius 2 is 1.87 bits per heavy atom. The van der Waals surface area contributed by atoms with Gasteiger partial charge in [-0.2, -0.15) is 5.10 Å². The first kappa shape index (κ1) is 14.6. The summed E-state index contributed by atoms with van der Waals surface area (Å²) in [5, 5.41) is 9.37. The predicted octanol–water partition coefficient (Wildman–Crippen LogP) is 2.12. The molecular weight excluding hydrogens is 312 g/mol. The lowest BCUT2D eigenvalue weighted by atomic mass is 9.96. The molecule has 23 heavy (non-hydrogen) atoms. The van der Waals surface area contributed by atoms with Crippen LogP contribution in [0.25, 0.3) is 0 Å². The number of hydrogen-bond donors (Lipinski definition) is 0. The van der Waals surface area contributed by atoms with Crippen molar-refractivity contribution in [1.29, 1.82) is 0 Å². The lowest BCUT2D eigenvalue weighted by Gasteiger charge is -2.44. The van der Waals surface area contributed by atoms with Gasteiger partial charge in [0.25, 0.3) is 0 Å². The number of anilines is 2. The van der Waals surface area contributed by atoms with Crippen molar-refractivity contribution in [3.63, 3.8) is 0 Å². The fraction of sp³-hybridized carbons (Fsp3) is 0.500. The first-order valence-electron chi connectivity index (χ1n) is 8.01. The van der Waals surface area contributed by atoms with Gasteiger partial charge in [-0.05, 0) is 37.3 Å². The molecule has 6 nitrogen and oxygen atoms in total. The predicted molar refractivity (Wildman–Crippen MR) is 90.1 cm³/mol. The summed E-state index contributed by atoms with van der Waals surface area (Å²) >= 11 is 5.84. The van der Waals surface area contributed by atoms with E-state index in [0.29, 0.717) is 17.0 Å².